The molecule has 0 atom stereocenters. The number of esters is 1. The second kappa shape index (κ2) is 8.21. The molecule has 0 fully saturated rings. The maximum atomic E-state index is 13.5. The molecule has 3 rings (SSSR count). The highest BCUT2D eigenvalue weighted by molar-refractivity contribution is 5.98. The van der Waals surface area contributed by atoms with Crippen LogP contribution in [0.2, 0.25) is 0 Å². The highest BCUT2D eigenvalue weighted by Gasteiger charge is 2.18. The molecule has 1 heterocycles. The minimum atomic E-state index is -0.459. The van der Waals surface area contributed by atoms with E-state index in [0.29, 0.717) is 22.2 Å². The molecular formula is C23H22FNO3. The van der Waals surface area contributed by atoms with Crippen molar-refractivity contribution in [3.63, 3.8) is 0 Å². The predicted octanol–water partition coefficient (Wildman–Crippen LogP) is 4.96. The third-order valence-electron chi connectivity index (χ3n) is 4.47. The minimum absolute atomic E-state index is 0.127. The maximum Gasteiger partial charge on any atom is 0.330 e. The van der Waals surface area contributed by atoms with Gasteiger partial charge in [-0.3, -0.25) is 4.79 Å². The topological polar surface area (TPSA) is 48.3 Å². The van der Waals surface area contributed by atoms with Crippen LogP contribution in [0.1, 0.15) is 32.4 Å². The SMILES string of the molecule is CCOC(=O)C=Cc1c(-c2ccc(F)cc2)n(C(C)C)c(=O)c2ccccc12. The molecule has 4 nitrogen and oxygen atoms in total. The fourth-order valence-corrected chi connectivity index (χ4v) is 3.30. The van der Waals surface area contributed by atoms with Crippen LogP contribution < -0.4 is 5.56 Å². The molecular weight excluding hydrogens is 357 g/mol. The summed E-state index contributed by atoms with van der Waals surface area (Å²) in [5.74, 6) is -0.814. The molecule has 5 heteroatoms. The Labute approximate surface area is 162 Å². The van der Waals surface area contributed by atoms with Crippen molar-refractivity contribution in [2.45, 2.75) is 26.8 Å². The van der Waals surface area contributed by atoms with Gasteiger partial charge >= 0.3 is 5.97 Å². The van der Waals surface area contributed by atoms with Gasteiger partial charge in [-0.15, -0.1) is 0 Å². The lowest BCUT2D eigenvalue weighted by Gasteiger charge is -2.21. The summed E-state index contributed by atoms with van der Waals surface area (Å²) < 4.78 is 20.2. The van der Waals surface area contributed by atoms with Gasteiger partial charge in [-0.1, -0.05) is 18.2 Å². The average Bonchev–Trinajstić information content (AvgIpc) is 2.67. The van der Waals surface area contributed by atoms with Gasteiger partial charge in [0.2, 0.25) is 0 Å². The van der Waals surface area contributed by atoms with Crippen molar-refractivity contribution in [1.29, 1.82) is 0 Å². The van der Waals surface area contributed by atoms with Crippen LogP contribution in [0.3, 0.4) is 0 Å². The van der Waals surface area contributed by atoms with Crippen LogP contribution >= 0.6 is 0 Å². The molecule has 28 heavy (non-hydrogen) atoms. The Morgan fingerprint density at radius 1 is 1.11 bits per heavy atom. The molecule has 0 saturated carbocycles. The average molecular weight is 379 g/mol. The Hall–Kier alpha value is -3.21. The lowest BCUT2D eigenvalue weighted by molar-refractivity contribution is -0.137. The second-order valence-corrected chi connectivity index (χ2v) is 6.67. The Morgan fingerprint density at radius 2 is 1.75 bits per heavy atom. The predicted molar refractivity (Wildman–Crippen MR) is 110 cm³/mol. The highest BCUT2D eigenvalue weighted by Crippen LogP contribution is 2.31. The third kappa shape index (κ3) is 3.74. The molecule has 0 aliphatic heterocycles. The molecule has 0 radical (unpaired) electrons. The van der Waals surface area contributed by atoms with Crippen molar-refractivity contribution >= 4 is 22.8 Å². The normalized spacial score (nSPS) is 11.5. The van der Waals surface area contributed by atoms with Crippen molar-refractivity contribution in [1.82, 2.24) is 4.57 Å². The summed E-state index contributed by atoms with van der Waals surface area (Å²) in [4.78, 5) is 25.1. The number of benzene rings is 2. The number of rotatable bonds is 5. The van der Waals surface area contributed by atoms with Gasteiger partial charge in [-0.05, 0) is 68.1 Å². The molecule has 0 amide bonds. The first-order valence-corrected chi connectivity index (χ1v) is 9.22. The van der Waals surface area contributed by atoms with Crippen molar-refractivity contribution < 1.29 is 13.9 Å². The summed E-state index contributed by atoms with van der Waals surface area (Å²) >= 11 is 0. The van der Waals surface area contributed by atoms with E-state index in [4.69, 9.17) is 4.74 Å². The van der Waals surface area contributed by atoms with Crippen LogP contribution in [0.25, 0.3) is 28.1 Å². The van der Waals surface area contributed by atoms with E-state index < -0.39 is 5.97 Å². The molecule has 0 bridgehead atoms. The van der Waals surface area contributed by atoms with Gasteiger partial charge < -0.3 is 9.30 Å². The molecule has 3 aromatic rings. The monoisotopic (exact) mass is 379 g/mol. The first-order chi connectivity index (χ1) is 13.4. The molecule has 1 aromatic heterocycles. The van der Waals surface area contributed by atoms with Crippen LogP contribution in [0.15, 0.2) is 59.4 Å². The van der Waals surface area contributed by atoms with Crippen LogP contribution in [0, 0.1) is 5.82 Å². The number of carbonyl (C=O) groups is 1. The number of aromatic nitrogens is 1. The molecule has 0 aliphatic rings. The summed E-state index contributed by atoms with van der Waals surface area (Å²) in [6.07, 6.45) is 3.02. The Morgan fingerprint density at radius 3 is 2.36 bits per heavy atom. The van der Waals surface area contributed by atoms with Gasteiger partial charge in [-0.2, -0.15) is 0 Å². The van der Waals surface area contributed by atoms with E-state index in [-0.39, 0.29) is 24.0 Å². The van der Waals surface area contributed by atoms with Crippen molar-refractivity contribution in [2.75, 3.05) is 6.61 Å². The Balaban J connectivity index is 2.41. The summed E-state index contributed by atoms with van der Waals surface area (Å²) in [6.45, 7) is 5.86. The zero-order valence-electron chi connectivity index (χ0n) is 16.1. The molecule has 0 N–H and O–H groups in total. The fraction of sp³-hybridized carbons (Fsp3) is 0.217. The van der Waals surface area contributed by atoms with Crippen molar-refractivity contribution in [2.24, 2.45) is 0 Å². The first-order valence-electron chi connectivity index (χ1n) is 9.22. The third-order valence-corrected chi connectivity index (χ3v) is 4.47. The van der Waals surface area contributed by atoms with Crippen molar-refractivity contribution in [3.05, 3.63) is 76.3 Å². The summed E-state index contributed by atoms with van der Waals surface area (Å²) in [6, 6.07) is 13.1. The number of nitrogens with zero attached hydrogens (tertiary/aromatic N) is 1. The highest BCUT2D eigenvalue weighted by atomic mass is 19.1. The number of ether oxygens (including phenoxy) is 1. The van der Waals surface area contributed by atoms with Gasteiger partial charge in [0.1, 0.15) is 5.82 Å². The molecule has 0 unspecified atom stereocenters. The van der Waals surface area contributed by atoms with Crippen LogP contribution in [-0.2, 0) is 9.53 Å². The zero-order chi connectivity index (χ0) is 20.3. The van der Waals surface area contributed by atoms with E-state index in [2.05, 4.69) is 0 Å². The number of fused-ring (bicyclic) bond motifs is 1. The summed E-state index contributed by atoms with van der Waals surface area (Å²) in [7, 11) is 0. The lowest BCUT2D eigenvalue weighted by Crippen LogP contribution is -2.25. The van der Waals surface area contributed by atoms with E-state index in [9.17, 15) is 14.0 Å². The quantitative estimate of drug-likeness (QED) is 0.465. The summed E-state index contributed by atoms with van der Waals surface area (Å²) in [5, 5.41) is 1.29. The molecule has 144 valence electrons. The minimum Gasteiger partial charge on any atom is -0.463 e. The van der Waals surface area contributed by atoms with Gasteiger partial charge in [0, 0.05) is 23.1 Å². The maximum absolute atomic E-state index is 13.5. The van der Waals surface area contributed by atoms with Gasteiger partial charge in [0.15, 0.2) is 0 Å². The standard InChI is InChI=1S/C23H22FNO3/c1-4-28-21(26)14-13-19-18-7-5-6-8-20(18)23(27)25(15(2)3)22(19)16-9-11-17(24)12-10-16/h5-15H,4H2,1-3H3. The van der Waals surface area contributed by atoms with Gasteiger partial charge in [-0.25, -0.2) is 9.18 Å². The van der Waals surface area contributed by atoms with Gasteiger partial charge in [0.05, 0.1) is 12.3 Å². The first kappa shape index (κ1) is 19.5. The van der Waals surface area contributed by atoms with E-state index in [1.54, 1.807) is 35.8 Å². The van der Waals surface area contributed by atoms with E-state index in [1.165, 1.54) is 18.2 Å². The zero-order valence-corrected chi connectivity index (χ0v) is 16.1. The Bertz CT molecular complexity index is 1100. The second-order valence-electron chi connectivity index (χ2n) is 6.67. The number of halogens is 1. The molecule has 0 saturated heterocycles. The van der Waals surface area contributed by atoms with Crippen LogP contribution in [0.4, 0.5) is 4.39 Å². The fourth-order valence-electron chi connectivity index (χ4n) is 3.30. The van der Waals surface area contributed by atoms with Crippen molar-refractivity contribution in [3.8, 4) is 11.3 Å². The lowest BCUT2D eigenvalue weighted by atomic mass is 9.97. The molecule has 0 spiro atoms. The largest absolute Gasteiger partial charge is 0.463 e. The van der Waals surface area contributed by atoms with E-state index >= 15 is 0 Å². The number of carbonyl (C=O) groups excluding carboxylic acids is 1. The summed E-state index contributed by atoms with van der Waals surface area (Å²) in [5.41, 5.74) is 1.92. The van der Waals surface area contributed by atoms with Crippen LogP contribution in [0.5, 0.6) is 0 Å². The number of hydrogen-bond donors (Lipinski definition) is 0. The number of hydrogen-bond acceptors (Lipinski definition) is 3. The van der Waals surface area contributed by atoms with E-state index in [1.807, 2.05) is 32.0 Å². The van der Waals surface area contributed by atoms with Gasteiger partial charge in [0.25, 0.3) is 5.56 Å². The molecule has 0 aliphatic carbocycles. The number of pyridine rings is 1. The van der Waals surface area contributed by atoms with Crippen LogP contribution in [-0.4, -0.2) is 17.1 Å². The van der Waals surface area contributed by atoms with E-state index in [0.717, 1.165) is 5.39 Å². The smallest absolute Gasteiger partial charge is 0.330 e. The Kier molecular flexibility index (Phi) is 5.73. The molecule has 2 aromatic carbocycles.